The molecule has 20 heavy (non-hydrogen) atoms. The Bertz CT molecular complexity index is 384. The molecule has 1 unspecified atom stereocenters. The first kappa shape index (κ1) is 17.8. The lowest BCUT2D eigenvalue weighted by Crippen LogP contribution is -2.38. The number of nitrogens with one attached hydrogen (secondary N) is 1. The Hall–Kier alpha value is -0.210. The van der Waals surface area contributed by atoms with Gasteiger partial charge in [0.2, 0.25) is 11.0 Å². The third-order valence-electron chi connectivity index (χ3n) is 2.45. The number of carbonyl (C=O) groups excluding carboxylic acids is 3. The second-order valence-electron chi connectivity index (χ2n) is 4.74. The maximum atomic E-state index is 11.6. The molecular formula is C12H18BrNO4S2. The SMILES string of the molecule is CC(C)(Br)C(=O)OCCSCC(=O)NC1CCSC1=O. The molecule has 8 heteroatoms. The fourth-order valence-corrected chi connectivity index (χ4v) is 3.05. The Labute approximate surface area is 135 Å². The van der Waals surface area contributed by atoms with Crippen LogP contribution in [0.15, 0.2) is 0 Å². The molecule has 0 saturated carbocycles. The number of carbonyl (C=O) groups is 3. The van der Waals surface area contributed by atoms with Crippen molar-refractivity contribution in [3.05, 3.63) is 0 Å². The fourth-order valence-electron chi connectivity index (χ4n) is 1.39. The summed E-state index contributed by atoms with van der Waals surface area (Å²) in [5, 5.41) is 2.75. The number of rotatable bonds is 7. The molecule has 1 rings (SSSR count). The maximum Gasteiger partial charge on any atom is 0.322 e. The monoisotopic (exact) mass is 383 g/mol. The van der Waals surface area contributed by atoms with Crippen LogP contribution < -0.4 is 5.32 Å². The molecule has 1 amide bonds. The second kappa shape index (κ2) is 8.29. The highest BCUT2D eigenvalue weighted by Gasteiger charge is 2.27. The van der Waals surface area contributed by atoms with Gasteiger partial charge in [-0.3, -0.25) is 14.4 Å². The summed E-state index contributed by atoms with van der Waals surface area (Å²) < 4.78 is 4.36. The lowest BCUT2D eigenvalue weighted by molar-refractivity contribution is -0.144. The van der Waals surface area contributed by atoms with Gasteiger partial charge in [-0.15, -0.1) is 11.8 Å². The van der Waals surface area contributed by atoms with E-state index in [0.29, 0.717) is 12.2 Å². The zero-order chi connectivity index (χ0) is 15.2. The Balaban J connectivity index is 2.08. The van der Waals surface area contributed by atoms with Crippen LogP contribution in [-0.2, 0) is 19.1 Å². The van der Waals surface area contributed by atoms with Gasteiger partial charge in [-0.05, 0) is 20.3 Å². The van der Waals surface area contributed by atoms with E-state index in [-0.39, 0.29) is 35.4 Å². The minimum Gasteiger partial charge on any atom is -0.464 e. The molecule has 0 aromatic carbocycles. The Morgan fingerprint density at radius 2 is 2.25 bits per heavy atom. The van der Waals surface area contributed by atoms with E-state index < -0.39 is 4.32 Å². The lowest BCUT2D eigenvalue weighted by Gasteiger charge is -2.14. The number of hydrogen-bond donors (Lipinski definition) is 1. The van der Waals surface area contributed by atoms with Gasteiger partial charge in [-0.1, -0.05) is 27.7 Å². The predicted octanol–water partition coefficient (Wildman–Crippen LogP) is 1.58. The molecule has 0 aliphatic carbocycles. The van der Waals surface area contributed by atoms with Gasteiger partial charge in [-0.25, -0.2) is 0 Å². The molecule has 114 valence electrons. The molecule has 0 bridgehead atoms. The van der Waals surface area contributed by atoms with E-state index in [9.17, 15) is 14.4 Å². The second-order valence-corrected chi connectivity index (χ2v) is 8.92. The highest BCUT2D eigenvalue weighted by Crippen LogP contribution is 2.19. The van der Waals surface area contributed by atoms with Gasteiger partial charge < -0.3 is 10.1 Å². The summed E-state index contributed by atoms with van der Waals surface area (Å²) in [5.41, 5.74) is 0. The summed E-state index contributed by atoms with van der Waals surface area (Å²) in [7, 11) is 0. The molecule has 1 N–H and O–H groups in total. The van der Waals surface area contributed by atoms with E-state index in [4.69, 9.17) is 4.74 Å². The van der Waals surface area contributed by atoms with Gasteiger partial charge in [0.05, 0.1) is 11.8 Å². The maximum absolute atomic E-state index is 11.6. The van der Waals surface area contributed by atoms with Crippen LogP contribution in [0.3, 0.4) is 0 Å². The topological polar surface area (TPSA) is 72.5 Å². The molecule has 5 nitrogen and oxygen atoms in total. The highest BCUT2D eigenvalue weighted by molar-refractivity contribution is 9.10. The van der Waals surface area contributed by atoms with Crippen molar-refractivity contribution >= 4 is 56.4 Å². The average Bonchev–Trinajstić information content (AvgIpc) is 2.73. The molecule has 0 spiro atoms. The Morgan fingerprint density at radius 3 is 2.80 bits per heavy atom. The average molecular weight is 384 g/mol. The van der Waals surface area contributed by atoms with Gasteiger partial charge in [0.15, 0.2) is 0 Å². The minimum absolute atomic E-state index is 0.0387. The van der Waals surface area contributed by atoms with E-state index in [0.717, 1.165) is 5.75 Å². The van der Waals surface area contributed by atoms with Crippen molar-refractivity contribution in [3.8, 4) is 0 Å². The number of halogens is 1. The van der Waals surface area contributed by atoms with Gasteiger partial charge in [0, 0.05) is 11.5 Å². The first-order valence-electron chi connectivity index (χ1n) is 6.20. The number of amides is 1. The summed E-state index contributed by atoms with van der Waals surface area (Å²) in [6, 6.07) is -0.333. The van der Waals surface area contributed by atoms with Crippen molar-refractivity contribution in [3.63, 3.8) is 0 Å². The van der Waals surface area contributed by atoms with Crippen LogP contribution in [-0.4, -0.2) is 51.2 Å². The molecule has 0 aromatic rings. The number of ether oxygens (including phenoxy) is 1. The van der Waals surface area contributed by atoms with Crippen LogP contribution in [0.4, 0.5) is 0 Å². The molecule has 1 saturated heterocycles. The first-order valence-corrected chi connectivity index (χ1v) is 9.14. The standard InChI is InChI=1S/C12H18BrNO4S2/c1-12(2,13)11(17)18-4-6-19-7-9(15)14-8-3-5-20-10(8)16/h8H,3-7H2,1-2H3,(H,14,15). The quantitative estimate of drug-likeness (QED) is 0.408. The summed E-state index contributed by atoms with van der Waals surface area (Å²) in [6.07, 6.45) is 0.706. The van der Waals surface area contributed by atoms with E-state index in [1.165, 1.54) is 23.5 Å². The number of hydrogen-bond acceptors (Lipinski definition) is 6. The summed E-state index contributed by atoms with van der Waals surface area (Å²) >= 11 is 5.85. The summed E-state index contributed by atoms with van der Waals surface area (Å²) in [5.74, 6) is 1.12. The molecule has 1 atom stereocenters. The van der Waals surface area contributed by atoms with E-state index in [2.05, 4.69) is 21.2 Å². The van der Waals surface area contributed by atoms with Gasteiger partial charge in [0.1, 0.15) is 10.9 Å². The molecule has 1 fully saturated rings. The zero-order valence-electron chi connectivity index (χ0n) is 11.4. The molecule has 1 aliphatic heterocycles. The highest BCUT2D eigenvalue weighted by atomic mass is 79.9. The first-order chi connectivity index (χ1) is 9.30. The van der Waals surface area contributed by atoms with Crippen LogP contribution in [0.25, 0.3) is 0 Å². The number of alkyl halides is 1. The van der Waals surface area contributed by atoms with Gasteiger partial charge in [0.25, 0.3) is 0 Å². The van der Waals surface area contributed by atoms with Gasteiger partial charge in [-0.2, -0.15) is 0 Å². The fraction of sp³-hybridized carbons (Fsp3) is 0.750. The number of thioether (sulfide) groups is 2. The van der Waals surface area contributed by atoms with Crippen LogP contribution in [0.5, 0.6) is 0 Å². The van der Waals surface area contributed by atoms with E-state index in [1.807, 2.05) is 0 Å². The third kappa shape index (κ3) is 6.49. The van der Waals surface area contributed by atoms with E-state index in [1.54, 1.807) is 13.8 Å². The Kier molecular flexibility index (Phi) is 7.39. The van der Waals surface area contributed by atoms with Crippen molar-refractivity contribution in [2.45, 2.75) is 30.6 Å². The summed E-state index contributed by atoms with van der Waals surface area (Å²) in [4.78, 5) is 34.4. The van der Waals surface area contributed by atoms with Crippen LogP contribution >= 0.6 is 39.5 Å². The largest absolute Gasteiger partial charge is 0.464 e. The van der Waals surface area contributed by atoms with E-state index >= 15 is 0 Å². The summed E-state index contributed by atoms with van der Waals surface area (Å²) in [6.45, 7) is 3.70. The molecule has 1 aliphatic rings. The third-order valence-corrected chi connectivity index (χ3v) is 4.70. The van der Waals surface area contributed by atoms with Crippen molar-refractivity contribution in [1.29, 1.82) is 0 Å². The molecule has 0 aromatic heterocycles. The molecule has 1 heterocycles. The van der Waals surface area contributed by atoms with Crippen LogP contribution in [0, 0.1) is 0 Å². The van der Waals surface area contributed by atoms with Crippen molar-refractivity contribution < 1.29 is 19.1 Å². The van der Waals surface area contributed by atoms with Crippen LogP contribution in [0.2, 0.25) is 0 Å². The minimum atomic E-state index is -0.685. The normalized spacial score (nSPS) is 18.9. The molecule has 0 radical (unpaired) electrons. The Morgan fingerprint density at radius 1 is 1.55 bits per heavy atom. The van der Waals surface area contributed by atoms with Gasteiger partial charge >= 0.3 is 5.97 Å². The zero-order valence-corrected chi connectivity index (χ0v) is 14.7. The molecular weight excluding hydrogens is 366 g/mol. The lowest BCUT2D eigenvalue weighted by atomic mass is 10.2. The number of esters is 1. The van der Waals surface area contributed by atoms with Crippen LogP contribution in [0.1, 0.15) is 20.3 Å². The smallest absolute Gasteiger partial charge is 0.322 e. The van der Waals surface area contributed by atoms with Crippen molar-refractivity contribution in [2.24, 2.45) is 0 Å². The van der Waals surface area contributed by atoms with Crippen molar-refractivity contribution in [1.82, 2.24) is 5.32 Å². The van der Waals surface area contributed by atoms with Crippen molar-refractivity contribution in [2.75, 3.05) is 23.9 Å². The predicted molar refractivity (Wildman–Crippen MR) is 85.3 cm³/mol.